The van der Waals surface area contributed by atoms with E-state index in [9.17, 15) is 4.79 Å². The van der Waals surface area contributed by atoms with Crippen LogP contribution in [0, 0.1) is 0 Å². The van der Waals surface area contributed by atoms with Crippen LogP contribution in [0.1, 0.15) is 46.1 Å². The van der Waals surface area contributed by atoms with Crippen molar-refractivity contribution in [1.29, 1.82) is 0 Å². The zero-order valence-corrected chi connectivity index (χ0v) is 15.8. The number of hydrogen-bond acceptors (Lipinski definition) is 3. The Morgan fingerprint density at radius 1 is 1.13 bits per heavy atom. The molecule has 1 aliphatic rings. The van der Waals surface area contributed by atoms with Gasteiger partial charge in [-0.25, -0.2) is 0 Å². The third-order valence-corrected chi connectivity index (χ3v) is 6.10. The molecule has 1 saturated heterocycles. The lowest BCUT2D eigenvalue weighted by atomic mass is 10.0. The fourth-order valence-electron chi connectivity index (χ4n) is 3.39. The van der Waals surface area contributed by atoms with Crippen LogP contribution >= 0.6 is 11.8 Å². The lowest BCUT2D eigenvalue weighted by Gasteiger charge is -2.35. The number of rotatable bonds is 7. The summed E-state index contributed by atoms with van der Waals surface area (Å²) in [5, 5.41) is 0.256. The molecule has 1 fully saturated rings. The minimum atomic E-state index is 0.256. The van der Waals surface area contributed by atoms with Crippen LogP contribution in [0.3, 0.4) is 0 Å². The smallest absolute Gasteiger partial charge is 0.233 e. The van der Waals surface area contributed by atoms with Gasteiger partial charge in [0, 0.05) is 31.1 Å². The molecule has 2 atom stereocenters. The van der Waals surface area contributed by atoms with Gasteiger partial charge in [-0.3, -0.25) is 9.69 Å². The molecule has 3 nitrogen and oxygen atoms in total. The molecular weight excluding hydrogens is 304 g/mol. The van der Waals surface area contributed by atoms with Gasteiger partial charge in [0.05, 0.1) is 11.1 Å². The number of thioether (sulfide) groups is 1. The monoisotopic (exact) mass is 334 g/mol. The molecule has 0 aromatic heterocycles. The second-order valence-electron chi connectivity index (χ2n) is 6.91. The molecule has 1 aromatic carbocycles. The van der Waals surface area contributed by atoms with Gasteiger partial charge in [-0.15, -0.1) is 11.8 Å². The number of carbonyl (C=O) groups excluding carboxylic acids is 1. The van der Waals surface area contributed by atoms with E-state index in [1.807, 2.05) is 6.07 Å². The molecule has 1 aliphatic heterocycles. The zero-order chi connectivity index (χ0) is 17.0. The van der Waals surface area contributed by atoms with Crippen molar-refractivity contribution < 1.29 is 4.79 Å². The number of amides is 1. The minimum absolute atomic E-state index is 0.256. The van der Waals surface area contributed by atoms with Crippen LogP contribution in [0.4, 0.5) is 0 Å². The summed E-state index contributed by atoms with van der Waals surface area (Å²) in [6, 6.07) is 11.6. The average molecular weight is 335 g/mol. The Morgan fingerprint density at radius 2 is 1.74 bits per heavy atom. The van der Waals surface area contributed by atoms with Crippen molar-refractivity contribution in [2.45, 2.75) is 58.0 Å². The zero-order valence-electron chi connectivity index (χ0n) is 15.0. The maximum atomic E-state index is 12.4. The second kappa shape index (κ2) is 8.20. The maximum Gasteiger partial charge on any atom is 0.233 e. The van der Waals surface area contributed by atoms with Gasteiger partial charge in [0.25, 0.3) is 0 Å². The van der Waals surface area contributed by atoms with E-state index in [2.05, 4.69) is 68.7 Å². The normalized spacial score (nSPS) is 20.1. The Balaban J connectivity index is 2.05. The minimum Gasteiger partial charge on any atom is -0.328 e. The highest BCUT2D eigenvalue weighted by molar-refractivity contribution is 8.01. The molecule has 23 heavy (non-hydrogen) atoms. The molecule has 0 spiro atoms. The molecule has 1 amide bonds. The van der Waals surface area contributed by atoms with Gasteiger partial charge in [-0.05, 0) is 33.3 Å². The van der Waals surface area contributed by atoms with Crippen molar-refractivity contribution in [2.75, 3.05) is 18.8 Å². The van der Waals surface area contributed by atoms with E-state index in [1.165, 1.54) is 5.56 Å². The van der Waals surface area contributed by atoms with E-state index in [4.69, 9.17) is 0 Å². The predicted octanol–water partition coefficient (Wildman–Crippen LogP) is 3.81. The van der Waals surface area contributed by atoms with Gasteiger partial charge in [0.2, 0.25) is 5.91 Å². The lowest BCUT2D eigenvalue weighted by Crippen LogP contribution is -2.45. The van der Waals surface area contributed by atoms with Gasteiger partial charge in [0.15, 0.2) is 0 Å². The summed E-state index contributed by atoms with van der Waals surface area (Å²) in [4.78, 5) is 16.9. The van der Waals surface area contributed by atoms with E-state index < -0.39 is 0 Å². The van der Waals surface area contributed by atoms with E-state index in [0.717, 1.165) is 13.1 Å². The maximum absolute atomic E-state index is 12.4. The quantitative estimate of drug-likeness (QED) is 0.757. The van der Waals surface area contributed by atoms with E-state index in [0.29, 0.717) is 23.8 Å². The number of hydrogen-bond donors (Lipinski definition) is 0. The summed E-state index contributed by atoms with van der Waals surface area (Å²) in [5.74, 6) is 1.26. The Kier molecular flexibility index (Phi) is 6.54. The number of carbonyl (C=O) groups is 1. The molecule has 4 heteroatoms. The average Bonchev–Trinajstić information content (AvgIpc) is 2.88. The van der Waals surface area contributed by atoms with Gasteiger partial charge in [0.1, 0.15) is 0 Å². The topological polar surface area (TPSA) is 23.6 Å². The van der Waals surface area contributed by atoms with Gasteiger partial charge < -0.3 is 4.90 Å². The summed E-state index contributed by atoms with van der Waals surface area (Å²) in [6.07, 6.45) is 0. The summed E-state index contributed by atoms with van der Waals surface area (Å²) in [6.45, 7) is 12.9. The Labute approximate surface area is 145 Å². The molecule has 0 bridgehead atoms. The first-order valence-corrected chi connectivity index (χ1v) is 9.68. The third kappa shape index (κ3) is 4.51. The van der Waals surface area contributed by atoms with Crippen LogP contribution in [-0.2, 0) is 4.79 Å². The van der Waals surface area contributed by atoms with Crippen molar-refractivity contribution in [3.63, 3.8) is 0 Å². The van der Waals surface area contributed by atoms with Crippen molar-refractivity contribution >= 4 is 17.7 Å². The highest BCUT2D eigenvalue weighted by Crippen LogP contribution is 2.36. The van der Waals surface area contributed by atoms with E-state index in [1.54, 1.807) is 11.8 Å². The fraction of sp³-hybridized carbons (Fsp3) is 0.632. The molecule has 2 rings (SSSR count). The van der Waals surface area contributed by atoms with Gasteiger partial charge >= 0.3 is 0 Å². The van der Waals surface area contributed by atoms with Gasteiger partial charge in [-0.1, -0.05) is 37.3 Å². The SMILES string of the molecule is CC(c1ccccc1)C1SCC(=O)N1CCN(C(C)C)C(C)C. The fourth-order valence-corrected chi connectivity index (χ4v) is 4.72. The van der Waals surface area contributed by atoms with Crippen LogP contribution < -0.4 is 0 Å². The van der Waals surface area contributed by atoms with Gasteiger partial charge in [-0.2, -0.15) is 0 Å². The van der Waals surface area contributed by atoms with Crippen LogP contribution in [0.25, 0.3) is 0 Å². The second-order valence-corrected chi connectivity index (χ2v) is 8.02. The molecule has 0 radical (unpaired) electrons. The van der Waals surface area contributed by atoms with Crippen molar-refractivity contribution in [3.05, 3.63) is 35.9 Å². The van der Waals surface area contributed by atoms with E-state index >= 15 is 0 Å². The third-order valence-electron chi connectivity index (χ3n) is 4.68. The standard InChI is InChI=1S/C19H30N2OS/c1-14(2)20(15(3)4)11-12-21-18(22)13-23-19(21)16(5)17-9-7-6-8-10-17/h6-10,14-16,19H,11-13H2,1-5H3. The predicted molar refractivity (Wildman–Crippen MR) is 99.8 cm³/mol. The Bertz CT molecular complexity index is 495. The molecule has 0 saturated carbocycles. The Hall–Kier alpha value is -1.00. The number of nitrogens with zero attached hydrogens (tertiary/aromatic N) is 2. The summed E-state index contributed by atoms with van der Waals surface area (Å²) >= 11 is 1.79. The highest BCUT2D eigenvalue weighted by Gasteiger charge is 2.36. The lowest BCUT2D eigenvalue weighted by molar-refractivity contribution is -0.128. The van der Waals surface area contributed by atoms with Crippen LogP contribution in [0.5, 0.6) is 0 Å². The molecule has 128 valence electrons. The molecule has 0 aliphatic carbocycles. The molecule has 2 unspecified atom stereocenters. The number of benzene rings is 1. The molecule has 1 aromatic rings. The summed E-state index contributed by atoms with van der Waals surface area (Å²) < 4.78 is 0. The summed E-state index contributed by atoms with van der Waals surface area (Å²) in [7, 11) is 0. The Morgan fingerprint density at radius 3 is 2.30 bits per heavy atom. The largest absolute Gasteiger partial charge is 0.328 e. The first kappa shape index (κ1) is 18.3. The first-order valence-electron chi connectivity index (χ1n) is 8.63. The molecule has 0 N–H and O–H groups in total. The molecule has 1 heterocycles. The van der Waals surface area contributed by atoms with Crippen LogP contribution in [-0.4, -0.2) is 52.0 Å². The van der Waals surface area contributed by atoms with Crippen LogP contribution in [0.2, 0.25) is 0 Å². The summed E-state index contributed by atoms with van der Waals surface area (Å²) in [5.41, 5.74) is 1.31. The van der Waals surface area contributed by atoms with Crippen molar-refractivity contribution in [1.82, 2.24) is 9.80 Å². The van der Waals surface area contributed by atoms with E-state index in [-0.39, 0.29) is 11.3 Å². The van der Waals surface area contributed by atoms with Crippen LogP contribution in [0.15, 0.2) is 30.3 Å². The highest BCUT2D eigenvalue weighted by atomic mass is 32.2. The first-order chi connectivity index (χ1) is 10.9. The molecular formula is C19H30N2OS. The van der Waals surface area contributed by atoms with Crippen molar-refractivity contribution in [2.24, 2.45) is 0 Å². The van der Waals surface area contributed by atoms with Crippen molar-refractivity contribution in [3.8, 4) is 0 Å².